The summed E-state index contributed by atoms with van der Waals surface area (Å²) in [6.07, 6.45) is 1.75. The number of carbonyl (C=O) groups is 1. The van der Waals surface area contributed by atoms with Gasteiger partial charge in [0.15, 0.2) is 0 Å². The van der Waals surface area contributed by atoms with E-state index in [4.69, 9.17) is 4.99 Å². The number of hydrogen-bond donors (Lipinski definition) is 0. The number of pyridine rings is 1. The summed E-state index contributed by atoms with van der Waals surface area (Å²) >= 11 is 3.55. The van der Waals surface area contributed by atoms with Gasteiger partial charge < -0.3 is 0 Å². The van der Waals surface area contributed by atoms with Crippen LogP contribution < -0.4 is 4.90 Å². The van der Waals surface area contributed by atoms with Crippen molar-refractivity contribution < 1.29 is 4.79 Å². The molecule has 0 radical (unpaired) electrons. The van der Waals surface area contributed by atoms with Gasteiger partial charge in [0, 0.05) is 21.6 Å². The minimum absolute atomic E-state index is 0.0966. The average molecular weight is 456 g/mol. The third-order valence-corrected chi connectivity index (χ3v) is 5.87. The van der Waals surface area contributed by atoms with Crippen LogP contribution in [0.4, 0.5) is 11.4 Å². The SMILES string of the molecule is Cc1cccc(C)c1N=C1c2cc(Br)ccc2C(=O)N1c1cccc2cccnc12. The lowest BCUT2D eigenvalue weighted by molar-refractivity contribution is 0.101. The number of hydrogen-bond acceptors (Lipinski definition) is 3. The van der Waals surface area contributed by atoms with Crippen molar-refractivity contribution in [2.45, 2.75) is 13.8 Å². The maximum atomic E-state index is 13.5. The molecular formula is C25H18BrN3O. The molecule has 0 saturated heterocycles. The van der Waals surface area contributed by atoms with E-state index in [0.29, 0.717) is 11.4 Å². The molecule has 2 heterocycles. The van der Waals surface area contributed by atoms with Crippen molar-refractivity contribution >= 4 is 50.0 Å². The highest BCUT2D eigenvalue weighted by Gasteiger charge is 2.36. The van der Waals surface area contributed by atoms with Crippen LogP contribution in [-0.2, 0) is 0 Å². The van der Waals surface area contributed by atoms with Crippen molar-refractivity contribution in [3.8, 4) is 0 Å². The molecule has 5 heteroatoms. The molecule has 0 aliphatic carbocycles. The zero-order valence-corrected chi connectivity index (χ0v) is 18.1. The highest BCUT2D eigenvalue weighted by molar-refractivity contribution is 9.10. The lowest BCUT2D eigenvalue weighted by atomic mass is 10.1. The van der Waals surface area contributed by atoms with Crippen molar-refractivity contribution in [2.24, 2.45) is 4.99 Å². The summed E-state index contributed by atoms with van der Waals surface area (Å²) in [7, 11) is 0. The number of amidine groups is 1. The van der Waals surface area contributed by atoms with Crippen molar-refractivity contribution in [1.29, 1.82) is 0 Å². The maximum absolute atomic E-state index is 13.5. The number of rotatable bonds is 2. The summed E-state index contributed by atoms with van der Waals surface area (Å²) < 4.78 is 0.904. The summed E-state index contributed by atoms with van der Waals surface area (Å²) in [6.45, 7) is 4.07. The van der Waals surface area contributed by atoms with Crippen LogP contribution in [-0.4, -0.2) is 16.7 Å². The number of anilines is 1. The van der Waals surface area contributed by atoms with Crippen molar-refractivity contribution in [3.63, 3.8) is 0 Å². The molecule has 1 aromatic heterocycles. The first-order valence-electron chi connectivity index (χ1n) is 9.67. The molecule has 3 aromatic carbocycles. The van der Waals surface area contributed by atoms with Gasteiger partial charge in [0.1, 0.15) is 5.84 Å². The van der Waals surface area contributed by atoms with Crippen molar-refractivity contribution in [3.05, 3.63) is 99.7 Å². The fourth-order valence-electron chi connectivity index (χ4n) is 3.92. The normalized spacial score (nSPS) is 14.6. The van der Waals surface area contributed by atoms with Gasteiger partial charge in [-0.15, -0.1) is 0 Å². The zero-order valence-electron chi connectivity index (χ0n) is 16.6. The first-order valence-corrected chi connectivity index (χ1v) is 10.5. The Bertz CT molecular complexity index is 1330. The third-order valence-electron chi connectivity index (χ3n) is 5.38. The quantitative estimate of drug-likeness (QED) is 0.353. The first kappa shape index (κ1) is 18.7. The first-order chi connectivity index (χ1) is 14.5. The molecular weight excluding hydrogens is 438 g/mol. The molecule has 0 unspecified atom stereocenters. The lowest BCUT2D eigenvalue weighted by Crippen LogP contribution is -2.30. The molecule has 4 aromatic rings. The number of aromatic nitrogens is 1. The van der Waals surface area contributed by atoms with Gasteiger partial charge >= 0.3 is 0 Å². The Balaban J connectivity index is 1.81. The van der Waals surface area contributed by atoms with Gasteiger partial charge in [-0.1, -0.05) is 52.3 Å². The number of nitrogens with zero attached hydrogens (tertiary/aromatic N) is 3. The van der Waals surface area contributed by atoms with Gasteiger partial charge in [-0.05, 0) is 55.3 Å². The number of aliphatic imine (C=N–C) groups is 1. The van der Waals surface area contributed by atoms with E-state index >= 15 is 0 Å². The zero-order chi connectivity index (χ0) is 20.8. The minimum Gasteiger partial charge on any atom is -0.268 e. The van der Waals surface area contributed by atoms with Crippen molar-refractivity contribution in [2.75, 3.05) is 4.90 Å². The van der Waals surface area contributed by atoms with E-state index in [1.165, 1.54) is 0 Å². The predicted molar refractivity (Wildman–Crippen MR) is 125 cm³/mol. The Kier molecular flexibility index (Phi) is 4.48. The Labute approximate surface area is 183 Å². The Hall–Kier alpha value is -3.31. The highest BCUT2D eigenvalue weighted by atomic mass is 79.9. The van der Waals surface area contributed by atoms with Gasteiger partial charge in [-0.3, -0.25) is 14.7 Å². The largest absolute Gasteiger partial charge is 0.268 e. The van der Waals surface area contributed by atoms with E-state index in [9.17, 15) is 4.79 Å². The molecule has 1 amide bonds. The lowest BCUT2D eigenvalue weighted by Gasteiger charge is -2.19. The molecule has 1 aliphatic rings. The minimum atomic E-state index is -0.0966. The van der Waals surface area contributed by atoms with Gasteiger partial charge in [-0.25, -0.2) is 4.99 Å². The van der Waals surface area contributed by atoms with E-state index < -0.39 is 0 Å². The monoisotopic (exact) mass is 455 g/mol. The molecule has 0 bridgehead atoms. The standard InChI is InChI=1S/C25H18BrN3O/c1-15-6-3-7-16(2)22(15)28-24-20-14-18(26)11-12-19(20)25(30)29(24)21-10-4-8-17-9-5-13-27-23(17)21/h3-14H,1-2H3. The fraction of sp³-hybridized carbons (Fsp3) is 0.0800. The summed E-state index contributed by atoms with van der Waals surface area (Å²) in [6, 6.07) is 21.6. The molecule has 146 valence electrons. The number of carbonyl (C=O) groups excluding carboxylic acids is 1. The van der Waals surface area contributed by atoms with E-state index in [1.54, 1.807) is 11.1 Å². The number of para-hydroxylation sites is 2. The van der Waals surface area contributed by atoms with E-state index in [0.717, 1.165) is 43.4 Å². The van der Waals surface area contributed by atoms with Gasteiger partial charge in [0.2, 0.25) is 0 Å². The second-order valence-corrected chi connectivity index (χ2v) is 8.27. The van der Waals surface area contributed by atoms with Crippen molar-refractivity contribution in [1.82, 2.24) is 4.98 Å². The summed E-state index contributed by atoms with van der Waals surface area (Å²) in [5, 5.41) is 0.978. The Morgan fingerprint density at radius 3 is 2.43 bits per heavy atom. The Morgan fingerprint density at radius 2 is 1.63 bits per heavy atom. The maximum Gasteiger partial charge on any atom is 0.264 e. The molecule has 0 saturated carbocycles. The topological polar surface area (TPSA) is 45.6 Å². The van der Waals surface area contributed by atoms with Gasteiger partial charge in [0.25, 0.3) is 5.91 Å². The number of fused-ring (bicyclic) bond motifs is 2. The van der Waals surface area contributed by atoms with Crippen LogP contribution in [0.1, 0.15) is 27.0 Å². The van der Waals surface area contributed by atoms with Crippen LogP contribution in [0.5, 0.6) is 0 Å². The van der Waals surface area contributed by atoms with Crippen LogP contribution in [0.25, 0.3) is 10.9 Å². The smallest absolute Gasteiger partial charge is 0.264 e. The predicted octanol–water partition coefficient (Wildman–Crippen LogP) is 6.35. The van der Waals surface area contributed by atoms with Crippen LogP contribution in [0.15, 0.2) is 82.4 Å². The van der Waals surface area contributed by atoms with E-state index in [1.807, 2.05) is 80.6 Å². The highest BCUT2D eigenvalue weighted by Crippen LogP contribution is 2.36. The van der Waals surface area contributed by atoms with E-state index in [-0.39, 0.29) is 5.91 Å². The second kappa shape index (κ2) is 7.18. The van der Waals surface area contributed by atoms with E-state index in [2.05, 4.69) is 20.9 Å². The molecule has 1 aliphatic heterocycles. The summed E-state index contributed by atoms with van der Waals surface area (Å²) in [5.41, 5.74) is 5.96. The number of aryl methyl sites for hydroxylation is 2. The molecule has 30 heavy (non-hydrogen) atoms. The van der Waals surface area contributed by atoms with Crippen LogP contribution in [0.3, 0.4) is 0 Å². The molecule has 0 fully saturated rings. The molecule has 0 atom stereocenters. The number of amides is 1. The third kappa shape index (κ3) is 2.94. The molecule has 5 rings (SSSR count). The van der Waals surface area contributed by atoms with Crippen LogP contribution in [0.2, 0.25) is 0 Å². The average Bonchev–Trinajstić information content (AvgIpc) is 3.01. The molecule has 4 nitrogen and oxygen atoms in total. The fourth-order valence-corrected chi connectivity index (χ4v) is 4.28. The van der Waals surface area contributed by atoms with Gasteiger partial charge in [0.05, 0.1) is 22.5 Å². The van der Waals surface area contributed by atoms with Gasteiger partial charge in [-0.2, -0.15) is 0 Å². The number of benzene rings is 3. The molecule has 0 spiro atoms. The second-order valence-electron chi connectivity index (χ2n) is 7.36. The summed E-state index contributed by atoms with van der Waals surface area (Å²) in [5.74, 6) is 0.521. The number of halogens is 1. The summed E-state index contributed by atoms with van der Waals surface area (Å²) in [4.78, 5) is 24.8. The van der Waals surface area contributed by atoms with Crippen LogP contribution in [0, 0.1) is 13.8 Å². The Morgan fingerprint density at radius 1 is 0.900 bits per heavy atom. The molecule has 0 N–H and O–H groups in total. The van der Waals surface area contributed by atoms with Crippen LogP contribution >= 0.6 is 15.9 Å².